The van der Waals surface area contributed by atoms with Crippen LogP contribution < -0.4 is 9.56 Å². The molecule has 64 valence electrons. The molecule has 0 saturated heterocycles. The Labute approximate surface area is 69.5 Å². The maximum atomic E-state index is 8.52. The monoisotopic (exact) mass is 248 g/mol. The molecule has 9 heteroatoms. The van der Waals surface area contributed by atoms with Gasteiger partial charge in [0.15, 0.2) is 0 Å². The molecule has 0 spiro atoms. The van der Waals surface area contributed by atoms with Crippen molar-refractivity contribution in [2.75, 3.05) is 0 Å². The SMILES string of the molecule is O=S(=O)([O-])[O-].[NH3+][Co].[NH3+][Co]. The first-order chi connectivity index (χ1) is 4.00. The normalized spacial score (nSPS) is 8.00. The number of quaternary nitrogens is 2. The van der Waals surface area contributed by atoms with E-state index in [0.29, 0.717) is 0 Å². The topological polar surface area (TPSA) is 136 Å². The van der Waals surface area contributed by atoms with E-state index in [9.17, 15) is 0 Å². The first-order valence-corrected chi connectivity index (χ1v) is 3.94. The van der Waals surface area contributed by atoms with Crippen molar-refractivity contribution < 1.29 is 59.0 Å². The molecule has 0 saturated carbocycles. The Kier molecular flexibility index (Phi) is 21.1. The van der Waals surface area contributed by atoms with Crippen LogP contribution in [0.1, 0.15) is 0 Å². The predicted molar refractivity (Wildman–Crippen MR) is 16.3 cm³/mol. The summed E-state index contributed by atoms with van der Waals surface area (Å²) < 4.78 is 34.1. The van der Waals surface area contributed by atoms with Crippen molar-refractivity contribution >= 4 is 10.4 Å². The zero-order valence-corrected chi connectivity index (χ0v) is 7.02. The predicted octanol–water partition coefficient (Wildman–Crippen LogP) is -3.96. The molecule has 9 heavy (non-hydrogen) atoms. The fourth-order valence-corrected chi connectivity index (χ4v) is 0. The van der Waals surface area contributed by atoms with Crippen LogP contribution in [-0.2, 0) is 42.3 Å². The summed E-state index contributed by atoms with van der Waals surface area (Å²) >= 11 is 6.62. The fourth-order valence-electron chi connectivity index (χ4n) is 0. The van der Waals surface area contributed by atoms with E-state index in [-0.39, 0.29) is 0 Å². The zero-order chi connectivity index (χ0) is 8.50. The van der Waals surface area contributed by atoms with Crippen molar-refractivity contribution in [3.05, 3.63) is 0 Å². The molecule has 0 aliphatic heterocycles. The summed E-state index contributed by atoms with van der Waals surface area (Å²) in [7, 11) is -5.17. The average Bonchev–Trinajstić information content (AvgIpc) is 1.72. The second kappa shape index (κ2) is 11.6. The second-order valence-electron chi connectivity index (χ2n) is 0.408. The molecule has 6 N–H and O–H groups in total. The summed E-state index contributed by atoms with van der Waals surface area (Å²) in [6.45, 7) is 0. The first kappa shape index (κ1) is 16.4. The van der Waals surface area contributed by atoms with Gasteiger partial charge in [-0.15, -0.1) is 0 Å². The van der Waals surface area contributed by atoms with Gasteiger partial charge in [0.05, 0.1) is 0 Å². The Morgan fingerprint density at radius 3 is 1.00 bits per heavy atom. The van der Waals surface area contributed by atoms with Crippen molar-refractivity contribution in [1.29, 1.82) is 0 Å². The van der Waals surface area contributed by atoms with Crippen LogP contribution in [0.3, 0.4) is 0 Å². The van der Waals surface area contributed by atoms with Crippen molar-refractivity contribution in [2.24, 2.45) is 0 Å². The van der Waals surface area contributed by atoms with Gasteiger partial charge in [-0.1, -0.05) is 0 Å². The van der Waals surface area contributed by atoms with Crippen LogP contribution in [0.5, 0.6) is 0 Å². The molecule has 0 aliphatic carbocycles. The van der Waals surface area contributed by atoms with Crippen LogP contribution in [0.25, 0.3) is 0 Å². The Hall–Kier alpha value is 0.803. The van der Waals surface area contributed by atoms with Gasteiger partial charge in [0.1, 0.15) is 0 Å². The molecule has 0 heterocycles. The Bertz CT molecular complexity index is 99.7. The van der Waals surface area contributed by atoms with Crippen molar-refractivity contribution in [3.63, 3.8) is 0 Å². The molecule has 0 rings (SSSR count). The van der Waals surface area contributed by atoms with E-state index in [0.717, 1.165) is 0 Å². The molecule has 0 bridgehead atoms. The molecule has 0 aromatic carbocycles. The van der Waals surface area contributed by atoms with Gasteiger partial charge >= 0.3 is 41.5 Å². The number of hydrogen-bond donors (Lipinski definition) is 2. The van der Waals surface area contributed by atoms with Crippen LogP contribution in [0.2, 0.25) is 0 Å². The molecule has 0 unspecified atom stereocenters. The van der Waals surface area contributed by atoms with Crippen LogP contribution in [-0.4, -0.2) is 17.5 Å². The van der Waals surface area contributed by atoms with Gasteiger partial charge in [0.2, 0.25) is 0 Å². The van der Waals surface area contributed by atoms with Gasteiger partial charge in [-0.3, -0.25) is 8.42 Å². The second-order valence-corrected chi connectivity index (χ2v) is 1.22. The summed E-state index contributed by atoms with van der Waals surface area (Å²) in [4.78, 5) is 5.88. The fraction of sp³-hybridized carbons (Fsp3) is 0. The maximum absolute atomic E-state index is 8.52. The van der Waals surface area contributed by atoms with E-state index >= 15 is 0 Å². The van der Waals surface area contributed by atoms with Gasteiger partial charge in [-0.25, -0.2) is 0 Å². The van der Waals surface area contributed by atoms with Gasteiger partial charge in [-0.05, 0) is 0 Å². The van der Waals surface area contributed by atoms with E-state index in [2.05, 4.69) is 41.5 Å². The summed E-state index contributed by atoms with van der Waals surface area (Å²) in [5.74, 6) is 0. The minimum absolute atomic E-state index is 2.94. The quantitative estimate of drug-likeness (QED) is 0.334. The number of hydrogen-bond acceptors (Lipinski definition) is 4. The van der Waals surface area contributed by atoms with Crippen LogP contribution in [0.4, 0.5) is 0 Å². The zero-order valence-electron chi connectivity index (χ0n) is 4.12. The third-order valence-corrected chi connectivity index (χ3v) is 0. The van der Waals surface area contributed by atoms with E-state index in [1.165, 1.54) is 0 Å². The van der Waals surface area contributed by atoms with Crippen LogP contribution >= 0.6 is 0 Å². The Balaban J connectivity index is -0.0000000771. The van der Waals surface area contributed by atoms with Gasteiger partial charge < -0.3 is 9.11 Å². The molecular formula is H6Co2N2O4S. The van der Waals surface area contributed by atoms with E-state index in [1.54, 1.807) is 0 Å². The molecule has 0 atom stereocenters. The molecule has 0 amide bonds. The first-order valence-electron chi connectivity index (χ1n) is 1.14. The third kappa shape index (κ3) is 632. The van der Waals surface area contributed by atoms with Gasteiger partial charge in [0, 0.05) is 10.4 Å². The molecule has 0 aromatic heterocycles. The average molecular weight is 248 g/mol. The number of rotatable bonds is 0. The van der Waals surface area contributed by atoms with E-state index < -0.39 is 10.4 Å². The van der Waals surface area contributed by atoms with Crippen LogP contribution in [0.15, 0.2) is 0 Å². The molecule has 0 radical (unpaired) electrons. The molecule has 6 nitrogen and oxygen atoms in total. The van der Waals surface area contributed by atoms with Crippen molar-refractivity contribution in [3.8, 4) is 0 Å². The Morgan fingerprint density at radius 2 is 1.00 bits per heavy atom. The summed E-state index contributed by atoms with van der Waals surface area (Å²) in [6, 6.07) is 0. The van der Waals surface area contributed by atoms with Crippen molar-refractivity contribution in [2.45, 2.75) is 0 Å². The summed E-state index contributed by atoms with van der Waals surface area (Å²) in [5, 5.41) is 0. The minimum atomic E-state index is -5.17. The van der Waals surface area contributed by atoms with Gasteiger partial charge in [-0.2, -0.15) is 0 Å². The van der Waals surface area contributed by atoms with Gasteiger partial charge in [0.25, 0.3) is 0 Å². The van der Waals surface area contributed by atoms with E-state index in [4.69, 9.17) is 17.5 Å². The molecule has 0 aromatic rings. The molecular weight excluding hydrogens is 242 g/mol. The van der Waals surface area contributed by atoms with Crippen molar-refractivity contribution in [1.82, 2.24) is 0 Å². The van der Waals surface area contributed by atoms with E-state index in [1.807, 2.05) is 0 Å². The summed E-state index contributed by atoms with van der Waals surface area (Å²) in [6.07, 6.45) is 0. The summed E-state index contributed by atoms with van der Waals surface area (Å²) in [5.41, 5.74) is 0. The Morgan fingerprint density at radius 1 is 1.00 bits per heavy atom. The molecule has 0 aliphatic rings. The van der Waals surface area contributed by atoms with Crippen LogP contribution in [0, 0.1) is 0 Å². The third-order valence-electron chi connectivity index (χ3n) is 0. The standard InChI is InChI=1S/2Co.2H3N.H2O4S/c;;;;1-5(2,3)4/h;;2*1H3;(H2,1,2,3,4)/q2*+1;;;/p-2. The molecule has 0 fully saturated rings.